The number of hydrogen-bond acceptors (Lipinski definition) is 5. The molecule has 0 saturated heterocycles. The van der Waals surface area contributed by atoms with E-state index in [0.717, 1.165) is 27.7 Å². The second kappa shape index (κ2) is 8.51. The number of aryl methyl sites for hydroxylation is 1. The molecule has 2 heterocycles. The van der Waals surface area contributed by atoms with Crippen LogP contribution in [-0.2, 0) is 12.3 Å². The average Bonchev–Trinajstić information content (AvgIpc) is 3.25. The Morgan fingerprint density at radius 2 is 1.78 bits per heavy atom. The Morgan fingerprint density at radius 3 is 2.62 bits per heavy atom. The highest BCUT2D eigenvalue weighted by Gasteiger charge is 2.18. The number of benzene rings is 3. The van der Waals surface area contributed by atoms with Gasteiger partial charge in [-0.2, -0.15) is 0 Å². The van der Waals surface area contributed by atoms with Crippen LogP contribution in [0.4, 0.5) is 0 Å². The quantitative estimate of drug-likeness (QED) is 0.357. The van der Waals surface area contributed by atoms with E-state index in [2.05, 4.69) is 41.4 Å². The molecular formula is C25H22N4O2S. The lowest BCUT2D eigenvalue weighted by molar-refractivity contribution is 0.408. The van der Waals surface area contributed by atoms with Gasteiger partial charge in [0, 0.05) is 11.3 Å². The van der Waals surface area contributed by atoms with Crippen LogP contribution >= 0.6 is 11.8 Å². The Kier molecular flexibility index (Phi) is 5.41. The minimum Gasteiger partial charge on any atom is -0.496 e. The first kappa shape index (κ1) is 20.3. The molecule has 0 radical (unpaired) electrons. The van der Waals surface area contributed by atoms with Crippen LogP contribution in [0.15, 0.2) is 82.7 Å². The molecule has 0 unspecified atom stereocenters. The van der Waals surface area contributed by atoms with E-state index in [0.29, 0.717) is 17.7 Å². The normalized spacial score (nSPS) is 11.3. The van der Waals surface area contributed by atoms with Crippen molar-refractivity contribution < 1.29 is 4.74 Å². The lowest BCUT2D eigenvalue weighted by atomic mass is 10.2. The zero-order valence-corrected chi connectivity index (χ0v) is 18.7. The van der Waals surface area contributed by atoms with Gasteiger partial charge >= 0.3 is 0 Å². The summed E-state index contributed by atoms with van der Waals surface area (Å²) < 4.78 is 9.15. The van der Waals surface area contributed by atoms with E-state index in [1.165, 1.54) is 11.1 Å². The molecule has 5 aromatic rings. The van der Waals surface area contributed by atoms with Gasteiger partial charge < -0.3 is 4.74 Å². The Hall–Kier alpha value is -3.58. The first-order chi connectivity index (χ1) is 15.7. The van der Waals surface area contributed by atoms with Crippen LogP contribution in [0.25, 0.3) is 16.7 Å². The van der Waals surface area contributed by atoms with Crippen LogP contribution in [0.2, 0.25) is 0 Å². The zero-order valence-electron chi connectivity index (χ0n) is 17.9. The number of ether oxygens (including phenoxy) is 1. The van der Waals surface area contributed by atoms with Crippen molar-refractivity contribution in [2.24, 2.45) is 0 Å². The number of thioether (sulfide) groups is 1. The Morgan fingerprint density at radius 1 is 0.969 bits per heavy atom. The van der Waals surface area contributed by atoms with Crippen molar-refractivity contribution >= 4 is 28.4 Å². The van der Waals surface area contributed by atoms with E-state index in [9.17, 15) is 4.79 Å². The lowest BCUT2D eigenvalue weighted by Gasteiger charge is -2.13. The molecule has 0 saturated carbocycles. The first-order valence-corrected chi connectivity index (χ1v) is 11.3. The van der Waals surface area contributed by atoms with Crippen molar-refractivity contribution in [3.63, 3.8) is 0 Å². The third kappa shape index (κ3) is 3.65. The van der Waals surface area contributed by atoms with Gasteiger partial charge in [0.15, 0.2) is 5.16 Å². The van der Waals surface area contributed by atoms with Gasteiger partial charge in [0.25, 0.3) is 5.56 Å². The number of para-hydroxylation sites is 2. The number of aromatic nitrogens is 4. The second-order valence-electron chi connectivity index (χ2n) is 7.62. The maximum Gasteiger partial charge on any atom is 0.263 e. The summed E-state index contributed by atoms with van der Waals surface area (Å²) in [5, 5.41) is 10.3. The average molecular weight is 443 g/mol. The molecule has 6 nitrogen and oxygen atoms in total. The fraction of sp³-hybridized carbons (Fsp3) is 0.160. The van der Waals surface area contributed by atoms with E-state index in [1.807, 2.05) is 52.9 Å². The lowest BCUT2D eigenvalue weighted by Crippen LogP contribution is -2.24. The van der Waals surface area contributed by atoms with Crippen molar-refractivity contribution in [2.45, 2.75) is 24.4 Å². The second-order valence-corrected chi connectivity index (χ2v) is 8.56. The third-order valence-electron chi connectivity index (χ3n) is 5.45. The SMILES string of the molecule is COc1ccccc1Cn1c(=O)c2ccccc2n2c(SCc3cccc(C)c3)nnc12. The van der Waals surface area contributed by atoms with Gasteiger partial charge in [0.2, 0.25) is 5.78 Å². The van der Waals surface area contributed by atoms with Crippen LogP contribution in [-0.4, -0.2) is 26.3 Å². The standard InChI is InChI=1S/C25H22N4O2S/c1-17-8-7-9-18(14-17)16-32-25-27-26-24-28(15-19-10-3-6-13-22(19)31-2)23(30)20-11-4-5-12-21(20)29(24)25/h3-14H,15-16H2,1-2H3. The van der Waals surface area contributed by atoms with Gasteiger partial charge in [-0.1, -0.05) is 71.9 Å². The number of methoxy groups -OCH3 is 1. The highest BCUT2D eigenvalue weighted by molar-refractivity contribution is 7.98. The molecule has 5 rings (SSSR count). The van der Waals surface area contributed by atoms with Gasteiger partial charge in [-0.05, 0) is 30.7 Å². The number of rotatable bonds is 6. The minimum atomic E-state index is -0.0957. The molecule has 7 heteroatoms. The van der Waals surface area contributed by atoms with Crippen LogP contribution in [0.3, 0.4) is 0 Å². The zero-order chi connectivity index (χ0) is 22.1. The Bertz CT molecular complexity index is 1490. The summed E-state index contributed by atoms with van der Waals surface area (Å²) in [5.74, 6) is 2.02. The van der Waals surface area contributed by atoms with Crippen LogP contribution in [0, 0.1) is 6.92 Å². The molecule has 0 fully saturated rings. The fourth-order valence-electron chi connectivity index (χ4n) is 3.92. The molecule has 0 atom stereocenters. The maximum absolute atomic E-state index is 13.4. The minimum absolute atomic E-state index is 0.0957. The Balaban J connectivity index is 1.64. The summed E-state index contributed by atoms with van der Waals surface area (Å²) in [6, 6.07) is 23.7. The van der Waals surface area contributed by atoms with Crippen molar-refractivity contribution in [1.29, 1.82) is 0 Å². The topological polar surface area (TPSA) is 61.4 Å². The molecule has 3 aromatic carbocycles. The van der Waals surface area contributed by atoms with Crippen molar-refractivity contribution in [3.8, 4) is 5.75 Å². The predicted octanol–water partition coefficient (Wildman–Crippen LogP) is 4.70. The van der Waals surface area contributed by atoms with Crippen LogP contribution in [0.1, 0.15) is 16.7 Å². The number of hydrogen-bond donors (Lipinski definition) is 0. The monoisotopic (exact) mass is 442 g/mol. The summed E-state index contributed by atoms with van der Waals surface area (Å²) in [7, 11) is 1.63. The van der Waals surface area contributed by atoms with Crippen LogP contribution in [0.5, 0.6) is 5.75 Å². The molecule has 0 amide bonds. The smallest absolute Gasteiger partial charge is 0.263 e. The van der Waals surface area contributed by atoms with Gasteiger partial charge in [0.05, 0.1) is 24.6 Å². The van der Waals surface area contributed by atoms with Crippen LogP contribution < -0.4 is 10.3 Å². The highest BCUT2D eigenvalue weighted by Crippen LogP contribution is 2.26. The summed E-state index contributed by atoms with van der Waals surface area (Å²) >= 11 is 1.61. The van der Waals surface area contributed by atoms with E-state index in [4.69, 9.17) is 4.74 Å². The fourth-order valence-corrected chi connectivity index (χ4v) is 4.81. The number of nitrogens with zero attached hydrogens (tertiary/aromatic N) is 4. The maximum atomic E-state index is 13.4. The summed E-state index contributed by atoms with van der Waals surface area (Å²) in [5.41, 5.74) is 4.07. The number of fused-ring (bicyclic) bond motifs is 3. The van der Waals surface area contributed by atoms with Crippen molar-refractivity contribution in [3.05, 3.63) is 99.8 Å². The molecule has 32 heavy (non-hydrogen) atoms. The van der Waals surface area contributed by atoms with Crippen molar-refractivity contribution in [2.75, 3.05) is 7.11 Å². The molecule has 0 aliphatic carbocycles. The van der Waals surface area contributed by atoms with E-state index in [1.54, 1.807) is 23.4 Å². The van der Waals surface area contributed by atoms with Gasteiger partial charge in [-0.3, -0.25) is 13.8 Å². The van der Waals surface area contributed by atoms with Crippen molar-refractivity contribution in [1.82, 2.24) is 19.2 Å². The molecule has 0 bridgehead atoms. The Labute approximate surface area is 189 Å². The molecule has 0 spiro atoms. The highest BCUT2D eigenvalue weighted by atomic mass is 32.2. The summed E-state index contributed by atoms with van der Waals surface area (Å²) in [6.45, 7) is 2.43. The van der Waals surface area contributed by atoms with Gasteiger partial charge in [-0.15, -0.1) is 10.2 Å². The van der Waals surface area contributed by atoms with E-state index < -0.39 is 0 Å². The van der Waals surface area contributed by atoms with E-state index >= 15 is 0 Å². The first-order valence-electron chi connectivity index (χ1n) is 10.3. The largest absolute Gasteiger partial charge is 0.496 e. The van der Waals surface area contributed by atoms with Gasteiger partial charge in [0.1, 0.15) is 5.75 Å². The third-order valence-corrected chi connectivity index (χ3v) is 6.45. The molecule has 2 aromatic heterocycles. The molecule has 0 aliphatic rings. The molecule has 0 aliphatic heterocycles. The molecule has 160 valence electrons. The van der Waals surface area contributed by atoms with E-state index in [-0.39, 0.29) is 5.56 Å². The summed E-state index contributed by atoms with van der Waals surface area (Å²) in [4.78, 5) is 13.4. The van der Waals surface area contributed by atoms with Gasteiger partial charge in [-0.25, -0.2) is 0 Å². The molecular weight excluding hydrogens is 420 g/mol. The molecule has 0 N–H and O–H groups in total. The summed E-state index contributed by atoms with van der Waals surface area (Å²) in [6.07, 6.45) is 0. The predicted molar refractivity (Wildman–Crippen MR) is 128 cm³/mol.